The van der Waals surface area contributed by atoms with E-state index in [-0.39, 0.29) is 11.9 Å². The lowest BCUT2D eigenvalue weighted by molar-refractivity contribution is -0.152. The third-order valence-corrected chi connectivity index (χ3v) is 3.58. The Morgan fingerprint density at radius 1 is 1.16 bits per heavy atom. The number of carbonyl (C=O) groups is 1. The Bertz CT molecular complexity index is 370. The number of ether oxygens (including phenoxy) is 1. The molecule has 0 aliphatic carbocycles. The van der Waals surface area contributed by atoms with Crippen molar-refractivity contribution in [3.8, 4) is 0 Å². The third kappa shape index (κ3) is 5.46. The zero-order chi connectivity index (χ0) is 14.3. The van der Waals surface area contributed by atoms with E-state index in [1.165, 1.54) is 0 Å². The van der Waals surface area contributed by atoms with Gasteiger partial charge < -0.3 is 4.74 Å². The standard InChI is InChI=1S/C17H26O2/c1-5-14(4)16(11-13(2)3)17(18)19-12-15-9-7-6-8-10-15/h6-10,13-14,16H,5,11-12H2,1-4H3. The molecule has 1 aromatic carbocycles. The van der Waals surface area contributed by atoms with Crippen LogP contribution in [0.2, 0.25) is 0 Å². The molecule has 2 atom stereocenters. The van der Waals surface area contributed by atoms with Gasteiger partial charge in [0.15, 0.2) is 0 Å². The van der Waals surface area contributed by atoms with Crippen molar-refractivity contribution in [2.45, 2.75) is 47.1 Å². The Morgan fingerprint density at radius 3 is 2.32 bits per heavy atom. The van der Waals surface area contributed by atoms with Crippen molar-refractivity contribution < 1.29 is 9.53 Å². The van der Waals surface area contributed by atoms with E-state index in [0.29, 0.717) is 18.4 Å². The second kappa shape index (κ2) is 7.98. The molecule has 0 aliphatic rings. The molecule has 0 N–H and O–H groups in total. The van der Waals surface area contributed by atoms with Crippen LogP contribution in [0.5, 0.6) is 0 Å². The second-order valence-corrected chi connectivity index (χ2v) is 5.71. The van der Waals surface area contributed by atoms with Gasteiger partial charge in [-0.2, -0.15) is 0 Å². The zero-order valence-electron chi connectivity index (χ0n) is 12.6. The van der Waals surface area contributed by atoms with Crippen LogP contribution in [0.25, 0.3) is 0 Å². The first kappa shape index (κ1) is 15.7. The Morgan fingerprint density at radius 2 is 1.79 bits per heavy atom. The maximum atomic E-state index is 12.2. The van der Waals surface area contributed by atoms with Gasteiger partial charge in [-0.05, 0) is 23.8 Å². The minimum atomic E-state index is -0.0492. The van der Waals surface area contributed by atoms with Crippen LogP contribution in [0.15, 0.2) is 30.3 Å². The molecule has 0 bridgehead atoms. The quantitative estimate of drug-likeness (QED) is 0.679. The van der Waals surface area contributed by atoms with E-state index < -0.39 is 0 Å². The summed E-state index contributed by atoms with van der Waals surface area (Å²) in [5.41, 5.74) is 1.04. The second-order valence-electron chi connectivity index (χ2n) is 5.71. The molecule has 0 fully saturated rings. The van der Waals surface area contributed by atoms with Crippen LogP contribution in [0.1, 0.15) is 46.1 Å². The molecule has 1 rings (SSSR count). The Balaban J connectivity index is 2.56. The molecule has 0 saturated carbocycles. The predicted molar refractivity (Wildman–Crippen MR) is 78.6 cm³/mol. The van der Waals surface area contributed by atoms with Crippen LogP contribution in [0.3, 0.4) is 0 Å². The number of rotatable bonds is 7. The highest BCUT2D eigenvalue weighted by Crippen LogP contribution is 2.24. The SMILES string of the molecule is CCC(C)C(CC(C)C)C(=O)OCc1ccccc1. The van der Waals surface area contributed by atoms with Crippen LogP contribution >= 0.6 is 0 Å². The van der Waals surface area contributed by atoms with E-state index in [1.807, 2.05) is 30.3 Å². The number of carbonyl (C=O) groups excluding carboxylic acids is 1. The Hall–Kier alpha value is -1.31. The molecule has 0 amide bonds. The number of esters is 1. The monoisotopic (exact) mass is 262 g/mol. The fourth-order valence-electron chi connectivity index (χ4n) is 2.19. The molecule has 2 heteroatoms. The number of hydrogen-bond acceptors (Lipinski definition) is 2. The van der Waals surface area contributed by atoms with E-state index in [4.69, 9.17) is 4.74 Å². The fourth-order valence-corrected chi connectivity index (χ4v) is 2.19. The molecule has 19 heavy (non-hydrogen) atoms. The summed E-state index contributed by atoms with van der Waals surface area (Å²) in [5, 5.41) is 0. The first-order valence-electron chi connectivity index (χ1n) is 7.25. The first-order chi connectivity index (χ1) is 9.04. The van der Waals surface area contributed by atoms with E-state index in [9.17, 15) is 4.79 Å². The van der Waals surface area contributed by atoms with Crippen molar-refractivity contribution in [2.75, 3.05) is 0 Å². The smallest absolute Gasteiger partial charge is 0.309 e. The van der Waals surface area contributed by atoms with Gasteiger partial charge in [-0.15, -0.1) is 0 Å². The highest BCUT2D eigenvalue weighted by atomic mass is 16.5. The van der Waals surface area contributed by atoms with Gasteiger partial charge in [0.05, 0.1) is 5.92 Å². The summed E-state index contributed by atoms with van der Waals surface area (Å²) in [5.74, 6) is 0.870. The van der Waals surface area contributed by atoms with Crippen LogP contribution in [-0.4, -0.2) is 5.97 Å². The van der Waals surface area contributed by atoms with Crippen molar-refractivity contribution in [3.63, 3.8) is 0 Å². The third-order valence-electron chi connectivity index (χ3n) is 3.58. The molecule has 0 aromatic heterocycles. The highest BCUT2D eigenvalue weighted by Gasteiger charge is 2.26. The van der Waals surface area contributed by atoms with Gasteiger partial charge in [-0.25, -0.2) is 0 Å². The van der Waals surface area contributed by atoms with Crippen molar-refractivity contribution in [1.29, 1.82) is 0 Å². The Kier molecular flexibility index (Phi) is 6.61. The van der Waals surface area contributed by atoms with Gasteiger partial charge in [0, 0.05) is 0 Å². The van der Waals surface area contributed by atoms with Crippen molar-refractivity contribution >= 4 is 5.97 Å². The Labute approximate surface area is 117 Å². The van der Waals surface area contributed by atoms with E-state index in [1.54, 1.807) is 0 Å². The summed E-state index contributed by atoms with van der Waals surface area (Å²) >= 11 is 0. The molecule has 2 nitrogen and oxygen atoms in total. The molecule has 2 unspecified atom stereocenters. The summed E-state index contributed by atoms with van der Waals surface area (Å²) in [4.78, 5) is 12.2. The maximum absolute atomic E-state index is 12.2. The summed E-state index contributed by atoms with van der Waals surface area (Å²) in [6.45, 7) is 8.95. The lowest BCUT2D eigenvalue weighted by Gasteiger charge is -2.23. The molecule has 0 saturated heterocycles. The van der Waals surface area contributed by atoms with E-state index in [2.05, 4.69) is 27.7 Å². The van der Waals surface area contributed by atoms with E-state index in [0.717, 1.165) is 18.4 Å². The number of benzene rings is 1. The van der Waals surface area contributed by atoms with E-state index >= 15 is 0 Å². The molecular formula is C17H26O2. The van der Waals surface area contributed by atoms with Gasteiger partial charge in [0.25, 0.3) is 0 Å². The lowest BCUT2D eigenvalue weighted by atomic mass is 9.85. The summed E-state index contributed by atoms with van der Waals surface area (Å²) in [7, 11) is 0. The fraction of sp³-hybridized carbons (Fsp3) is 0.588. The molecule has 1 aromatic rings. The normalized spacial score (nSPS) is 14.2. The average molecular weight is 262 g/mol. The molecule has 0 radical (unpaired) electrons. The molecular weight excluding hydrogens is 236 g/mol. The topological polar surface area (TPSA) is 26.3 Å². The molecule has 0 aliphatic heterocycles. The van der Waals surface area contributed by atoms with Gasteiger partial charge >= 0.3 is 5.97 Å². The summed E-state index contributed by atoms with van der Waals surface area (Å²) in [6.07, 6.45) is 1.92. The highest BCUT2D eigenvalue weighted by molar-refractivity contribution is 5.72. The molecule has 0 spiro atoms. The predicted octanol–water partition coefficient (Wildman–Crippen LogP) is 4.44. The number of hydrogen-bond donors (Lipinski definition) is 0. The minimum absolute atomic E-state index is 0.0220. The van der Waals surface area contributed by atoms with Crippen LogP contribution in [0.4, 0.5) is 0 Å². The van der Waals surface area contributed by atoms with Gasteiger partial charge in [-0.1, -0.05) is 64.4 Å². The average Bonchev–Trinajstić information content (AvgIpc) is 2.42. The van der Waals surface area contributed by atoms with Crippen molar-refractivity contribution in [2.24, 2.45) is 17.8 Å². The van der Waals surface area contributed by atoms with Crippen LogP contribution < -0.4 is 0 Å². The molecule has 0 heterocycles. The maximum Gasteiger partial charge on any atom is 0.309 e. The van der Waals surface area contributed by atoms with Crippen LogP contribution in [0, 0.1) is 17.8 Å². The lowest BCUT2D eigenvalue weighted by Crippen LogP contribution is -2.25. The summed E-state index contributed by atoms with van der Waals surface area (Å²) in [6, 6.07) is 9.85. The largest absolute Gasteiger partial charge is 0.461 e. The zero-order valence-corrected chi connectivity index (χ0v) is 12.6. The van der Waals surface area contributed by atoms with Crippen LogP contribution in [-0.2, 0) is 16.1 Å². The van der Waals surface area contributed by atoms with Gasteiger partial charge in [-0.3, -0.25) is 4.79 Å². The minimum Gasteiger partial charge on any atom is -0.461 e. The summed E-state index contributed by atoms with van der Waals surface area (Å²) < 4.78 is 5.48. The van der Waals surface area contributed by atoms with Crippen molar-refractivity contribution in [1.82, 2.24) is 0 Å². The van der Waals surface area contributed by atoms with Gasteiger partial charge in [0.1, 0.15) is 6.61 Å². The van der Waals surface area contributed by atoms with Crippen molar-refractivity contribution in [3.05, 3.63) is 35.9 Å². The van der Waals surface area contributed by atoms with Gasteiger partial charge in [0.2, 0.25) is 0 Å². The first-order valence-corrected chi connectivity index (χ1v) is 7.25. The molecule has 106 valence electrons.